The van der Waals surface area contributed by atoms with Crippen LogP contribution in [0.15, 0.2) is 204 Å². The summed E-state index contributed by atoms with van der Waals surface area (Å²) in [4.78, 5) is 0. The van der Waals surface area contributed by atoms with E-state index in [1.54, 1.807) is 37.6 Å². The molecule has 10 aromatic rings. The van der Waals surface area contributed by atoms with E-state index < -0.39 is 42.5 Å². The second kappa shape index (κ2) is 27.0. The van der Waals surface area contributed by atoms with Crippen molar-refractivity contribution < 1.29 is 65.2 Å². The molecule has 0 N–H and O–H groups in total. The standard InChI is InChI=1S/2C14H22O.4C14H11.C3H6.CH2.ClH.2Zr/c2*1-13(2,3)10-7-8-12(15)11(9-10)14(4,5)6;4*1-10-8-12-7-6-11-4-2-3-5-13(11)14(12)9-10;1-3-2;;;;/h2*7-9,15H,1-6H3;4*2-9H,1H3;1-2H3;1H2;1H;;/p-3. The van der Waals surface area contributed by atoms with E-state index in [1.165, 1.54) is 98.7 Å². The zero-order valence-electron chi connectivity index (χ0n) is 58.3. The van der Waals surface area contributed by atoms with Crippen LogP contribution in [0.5, 0.6) is 11.5 Å². The van der Waals surface area contributed by atoms with Crippen LogP contribution >= 0.6 is 0 Å². The fourth-order valence-electron chi connectivity index (χ4n) is 15.0. The predicted octanol–water partition coefficient (Wildman–Crippen LogP) is 19.8. The molecule has 4 unspecified atom stereocenters. The first-order chi connectivity index (χ1) is 43.4. The summed E-state index contributed by atoms with van der Waals surface area (Å²) in [5.41, 5.74) is 22.6. The van der Waals surface area contributed by atoms with Crippen LogP contribution in [0.3, 0.4) is 0 Å². The Labute approximate surface area is 578 Å². The summed E-state index contributed by atoms with van der Waals surface area (Å²) in [5.74, 6) is 0.297. The maximum atomic E-state index is 11.7. The Morgan fingerprint density at radius 3 is 0.860 bits per heavy atom. The maximum absolute atomic E-state index is 11.7. The molecule has 0 aromatic heterocycles. The number of fused-ring (bicyclic) bond motifs is 12. The minimum absolute atomic E-state index is 0. The van der Waals surface area contributed by atoms with Crippen molar-refractivity contribution >= 4 is 74.8 Å². The van der Waals surface area contributed by atoms with E-state index in [9.17, 15) is 10.2 Å². The van der Waals surface area contributed by atoms with Gasteiger partial charge in [0.1, 0.15) is 0 Å². The number of halogens is 1. The van der Waals surface area contributed by atoms with Gasteiger partial charge in [-0.15, -0.1) is 11.5 Å². The SMILES string of the molecule is CC(C)(C)c1ccc([O-])c(C(C)(C)C)c1.CC(C)(C)c1ccc([O-])c(C(C)(C)C)c1.CC1=Cc2c(ccc3ccccc23)[CH]1[Zr](=[C](C)C)[CH]1C(C)=Cc2c1ccc1ccccc21.[CH2]=[Zr]([CH]1C(C)=Cc2c1ccc1ccccc21)[CH]1C(C)=Cc2c1ccc1ccccc21.[Cl-]. The molecule has 0 saturated heterocycles. The molecule has 2 nitrogen and oxygen atoms in total. The van der Waals surface area contributed by atoms with E-state index in [1.807, 2.05) is 12.1 Å². The fraction of sp³-hybridized carbons (Fsp3) is 0.295. The van der Waals surface area contributed by atoms with Gasteiger partial charge < -0.3 is 22.6 Å². The van der Waals surface area contributed by atoms with E-state index in [2.05, 4.69) is 307 Å². The van der Waals surface area contributed by atoms with Crippen LogP contribution in [0.1, 0.15) is 206 Å². The van der Waals surface area contributed by atoms with Crippen LogP contribution in [-0.2, 0) is 64.2 Å². The zero-order valence-corrected chi connectivity index (χ0v) is 64.0. The second-order valence-corrected chi connectivity index (χ2v) is 44.1. The van der Waals surface area contributed by atoms with Gasteiger partial charge >= 0.3 is 386 Å². The van der Waals surface area contributed by atoms with E-state index in [-0.39, 0.29) is 45.6 Å². The number of hydrogen-bond acceptors (Lipinski definition) is 2. The van der Waals surface area contributed by atoms with Gasteiger partial charge in [0.2, 0.25) is 0 Å². The van der Waals surface area contributed by atoms with Gasteiger partial charge in [-0.25, -0.2) is 0 Å². The Bertz CT molecular complexity index is 4450. The predicted molar refractivity (Wildman–Crippen MR) is 391 cm³/mol. The van der Waals surface area contributed by atoms with Crippen molar-refractivity contribution in [3.05, 3.63) is 271 Å². The fourth-order valence-corrected chi connectivity index (χ4v) is 31.7. The molecular weight excluding hydrogens is 1310 g/mol. The Balaban J connectivity index is 0.000000143. The molecular formula is C88H94ClO2Zr2-3. The molecule has 0 spiro atoms. The number of benzene rings is 10. The molecule has 476 valence electrons. The summed E-state index contributed by atoms with van der Waals surface area (Å²) in [6.07, 6.45) is 9.90. The smallest absolute Gasteiger partial charge is 1.00 e. The first-order valence-electron chi connectivity index (χ1n) is 33.2. The van der Waals surface area contributed by atoms with Crippen LogP contribution in [0, 0.1) is 0 Å². The summed E-state index contributed by atoms with van der Waals surface area (Å²) >= 11 is -4.30. The molecule has 0 saturated carbocycles. The third-order valence-corrected chi connectivity index (χ3v) is 36.9. The molecule has 14 rings (SSSR count). The van der Waals surface area contributed by atoms with E-state index >= 15 is 0 Å². The topological polar surface area (TPSA) is 46.1 Å². The van der Waals surface area contributed by atoms with Crippen molar-refractivity contribution in [2.24, 2.45) is 0 Å². The van der Waals surface area contributed by atoms with Gasteiger partial charge in [-0.1, -0.05) is 131 Å². The average Bonchev–Trinajstić information content (AvgIpc) is 1.60. The Morgan fingerprint density at radius 1 is 0.344 bits per heavy atom. The molecule has 10 aromatic carbocycles. The molecule has 93 heavy (non-hydrogen) atoms. The number of hydrogen-bond donors (Lipinski definition) is 0. The first kappa shape index (κ1) is 69.4. The Hall–Kier alpha value is -6.40. The van der Waals surface area contributed by atoms with E-state index in [0.29, 0.717) is 14.5 Å². The molecule has 0 radical (unpaired) electrons. The van der Waals surface area contributed by atoms with Gasteiger partial charge in [0, 0.05) is 0 Å². The molecule has 4 aliphatic rings. The third kappa shape index (κ3) is 13.9. The van der Waals surface area contributed by atoms with Gasteiger partial charge in [-0.2, -0.15) is 0 Å². The molecule has 0 bridgehead atoms. The van der Waals surface area contributed by atoms with Gasteiger partial charge in [-0.05, 0) is 32.8 Å². The molecule has 5 heteroatoms. The van der Waals surface area contributed by atoms with Crippen molar-refractivity contribution in [2.45, 2.75) is 161 Å². The van der Waals surface area contributed by atoms with Crippen molar-refractivity contribution in [1.29, 1.82) is 0 Å². The molecule has 4 atom stereocenters. The monoisotopic (exact) mass is 1400 g/mol. The van der Waals surface area contributed by atoms with Gasteiger partial charge in [-0.3, -0.25) is 0 Å². The molecule has 0 amide bonds. The number of allylic oxidation sites excluding steroid dienone is 4. The number of rotatable bonds is 4. The quantitative estimate of drug-likeness (QED) is 0.176. The van der Waals surface area contributed by atoms with E-state index in [0.717, 1.165) is 11.1 Å². The minimum Gasteiger partial charge on any atom is -1.00 e. The summed E-state index contributed by atoms with van der Waals surface area (Å²) in [7, 11) is 0. The molecule has 0 aliphatic heterocycles. The van der Waals surface area contributed by atoms with Gasteiger partial charge in [0.25, 0.3) is 0 Å². The molecule has 0 heterocycles. The normalized spacial score (nSPS) is 17.0. The van der Waals surface area contributed by atoms with Crippen LogP contribution in [0.2, 0.25) is 0 Å². The van der Waals surface area contributed by atoms with Gasteiger partial charge in [0.05, 0.1) is 0 Å². The summed E-state index contributed by atoms with van der Waals surface area (Å²) in [5, 5.41) is 34.5. The van der Waals surface area contributed by atoms with Crippen molar-refractivity contribution in [2.75, 3.05) is 0 Å². The minimum atomic E-state index is -2.16. The summed E-state index contributed by atoms with van der Waals surface area (Å²) in [6, 6.07) is 65.7. The van der Waals surface area contributed by atoms with Crippen molar-refractivity contribution in [3.63, 3.8) is 0 Å². The van der Waals surface area contributed by atoms with Crippen LogP contribution in [0.4, 0.5) is 0 Å². The van der Waals surface area contributed by atoms with Crippen molar-refractivity contribution in [1.82, 2.24) is 0 Å². The molecule has 0 fully saturated rings. The third-order valence-electron chi connectivity index (χ3n) is 19.8. The Morgan fingerprint density at radius 2 is 0.602 bits per heavy atom. The van der Waals surface area contributed by atoms with Crippen LogP contribution in [0.25, 0.3) is 67.4 Å². The van der Waals surface area contributed by atoms with E-state index in [4.69, 9.17) is 4.21 Å². The maximum Gasteiger partial charge on any atom is -1.00 e. The second-order valence-electron chi connectivity index (χ2n) is 30.9. The van der Waals surface area contributed by atoms with Crippen LogP contribution < -0.4 is 22.6 Å². The first-order valence-corrected chi connectivity index (χ1v) is 41.9. The van der Waals surface area contributed by atoms with Gasteiger partial charge in [0.15, 0.2) is 0 Å². The Kier molecular flexibility index (Phi) is 20.2. The summed E-state index contributed by atoms with van der Waals surface area (Å²) < 4.78 is 9.03. The van der Waals surface area contributed by atoms with Crippen LogP contribution in [-0.4, -0.2) is 7.42 Å². The van der Waals surface area contributed by atoms with Crippen molar-refractivity contribution in [3.8, 4) is 11.5 Å². The summed E-state index contributed by atoms with van der Waals surface area (Å²) in [6.45, 7) is 39.8. The average molecular weight is 1400 g/mol. The zero-order chi connectivity index (χ0) is 66.1. The molecule has 4 aliphatic carbocycles. The largest absolute Gasteiger partial charge is 1.00 e.